The van der Waals surface area contributed by atoms with Gasteiger partial charge in [-0.1, -0.05) is 22.9 Å². The van der Waals surface area contributed by atoms with Crippen LogP contribution in [0.25, 0.3) is 0 Å². The zero-order valence-corrected chi connectivity index (χ0v) is 11.3. The Balaban J connectivity index is 2.59. The molecule has 16 heavy (non-hydrogen) atoms. The van der Waals surface area contributed by atoms with Crippen LogP contribution < -0.4 is 10.1 Å². The first-order valence-electron chi connectivity index (χ1n) is 5.38. The highest BCUT2D eigenvalue weighted by molar-refractivity contribution is 9.10. The molecule has 0 amide bonds. The third kappa shape index (κ3) is 4.51. The molecular weight excluding hydrogens is 270 g/mol. The maximum absolute atomic E-state index is 5.39. The zero-order valence-electron chi connectivity index (χ0n) is 9.75. The van der Waals surface area contributed by atoms with Crippen LogP contribution in [0.1, 0.15) is 18.9 Å². The van der Waals surface area contributed by atoms with E-state index in [0.29, 0.717) is 0 Å². The van der Waals surface area contributed by atoms with Gasteiger partial charge in [0.05, 0.1) is 0 Å². The Labute approximate surface area is 105 Å². The fraction of sp³-hybridized carbons (Fsp3) is 0.500. The summed E-state index contributed by atoms with van der Waals surface area (Å²) in [6, 6.07) is 5.94. The molecule has 0 aromatic heterocycles. The third-order valence-electron chi connectivity index (χ3n) is 2.10. The summed E-state index contributed by atoms with van der Waals surface area (Å²) in [6.45, 7) is 4.30. The van der Waals surface area contributed by atoms with Crippen molar-refractivity contribution < 1.29 is 9.47 Å². The lowest BCUT2D eigenvalue weighted by atomic mass is 10.2. The Morgan fingerprint density at radius 1 is 1.38 bits per heavy atom. The highest BCUT2D eigenvalue weighted by Gasteiger charge is 2.02. The first kappa shape index (κ1) is 13.5. The van der Waals surface area contributed by atoms with Crippen LogP contribution in [0.3, 0.4) is 0 Å². The van der Waals surface area contributed by atoms with Gasteiger partial charge in [0, 0.05) is 18.1 Å². The van der Waals surface area contributed by atoms with Gasteiger partial charge in [-0.2, -0.15) is 0 Å². The van der Waals surface area contributed by atoms with Gasteiger partial charge in [-0.25, -0.2) is 0 Å². The summed E-state index contributed by atoms with van der Waals surface area (Å²) in [6.07, 6.45) is 1.14. The average molecular weight is 288 g/mol. The maximum Gasteiger partial charge on any atom is 0.188 e. The van der Waals surface area contributed by atoms with Crippen LogP contribution >= 0.6 is 15.9 Å². The van der Waals surface area contributed by atoms with E-state index in [2.05, 4.69) is 28.2 Å². The first-order valence-corrected chi connectivity index (χ1v) is 6.18. The fourth-order valence-electron chi connectivity index (χ4n) is 1.30. The Morgan fingerprint density at radius 3 is 2.88 bits per heavy atom. The van der Waals surface area contributed by atoms with Gasteiger partial charge in [0.2, 0.25) is 0 Å². The van der Waals surface area contributed by atoms with Crippen molar-refractivity contribution in [2.45, 2.75) is 19.9 Å². The van der Waals surface area contributed by atoms with Crippen molar-refractivity contribution in [3.05, 3.63) is 28.2 Å². The fourth-order valence-corrected chi connectivity index (χ4v) is 1.69. The molecule has 0 aliphatic rings. The van der Waals surface area contributed by atoms with E-state index < -0.39 is 0 Å². The van der Waals surface area contributed by atoms with Crippen molar-refractivity contribution in [3.8, 4) is 5.75 Å². The summed E-state index contributed by atoms with van der Waals surface area (Å²) in [4.78, 5) is 0. The maximum atomic E-state index is 5.39. The third-order valence-corrected chi connectivity index (χ3v) is 2.88. The molecule has 90 valence electrons. The molecule has 0 aliphatic heterocycles. The molecule has 0 saturated heterocycles. The Kier molecular flexibility index (Phi) is 6.45. The van der Waals surface area contributed by atoms with Crippen LogP contribution in [0.2, 0.25) is 0 Å². The van der Waals surface area contributed by atoms with Crippen molar-refractivity contribution in [2.24, 2.45) is 0 Å². The van der Waals surface area contributed by atoms with Gasteiger partial charge in [-0.3, -0.25) is 0 Å². The standard InChI is InChI=1S/C12H18BrNO2/c1-3-6-14-8-10-7-11(16-9-15-2)4-5-12(10)13/h4-5,7,14H,3,6,8-9H2,1-2H3. The van der Waals surface area contributed by atoms with Gasteiger partial charge >= 0.3 is 0 Å². The van der Waals surface area contributed by atoms with Crippen LogP contribution in [-0.4, -0.2) is 20.4 Å². The first-order chi connectivity index (χ1) is 7.77. The molecule has 4 heteroatoms. The van der Waals surface area contributed by atoms with Gasteiger partial charge in [0.25, 0.3) is 0 Å². The van der Waals surface area contributed by atoms with E-state index in [4.69, 9.17) is 9.47 Å². The van der Waals surface area contributed by atoms with Crippen molar-refractivity contribution in [2.75, 3.05) is 20.4 Å². The smallest absolute Gasteiger partial charge is 0.188 e. The summed E-state index contributed by atoms with van der Waals surface area (Å²) in [5.41, 5.74) is 1.20. The minimum Gasteiger partial charge on any atom is -0.468 e. The molecule has 0 fully saturated rings. The molecule has 0 unspecified atom stereocenters. The van der Waals surface area contributed by atoms with Crippen molar-refractivity contribution in [3.63, 3.8) is 0 Å². The van der Waals surface area contributed by atoms with E-state index >= 15 is 0 Å². The lowest BCUT2D eigenvalue weighted by Gasteiger charge is -2.09. The summed E-state index contributed by atoms with van der Waals surface area (Å²) in [7, 11) is 1.61. The Hall–Kier alpha value is -0.580. The van der Waals surface area contributed by atoms with Gasteiger partial charge < -0.3 is 14.8 Å². The minimum absolute atomic E-state index is 0.281. The molecule has 3 nitrogen and oxygen atoms in total. The molecule has 0 radical (unpaired) electrons. The second-order valence-electron chi connectivity index (χ2n) is 3.48. The van der Waals surface area contributed by atoms with Crippen molar-refractivity contribution >= 4 is 15.9 Å². The monoisotopic (exact) mass is 287 g/mol. The summed E-state index contributed by atoms with van der Waals surface area (Å²) in [5.74, 6) is 0.832. The van der Waals surface area contributed by atoms with Crippen LogP contribution in [-0.2, 0) is 11.3 Å². The molecule has 1 rings (SSSR count). The van der Waals surface area contributed by atoms with E-state index in [-0.39, 0.29) is 6.79 Å². The molecule has 0 heterocycles. The number of ether oxygens (including phenoxy) is 2. The van der Waals surface area contributed by atoms with E-state index in [0.717, 1.165) is 29.7 Å². The van der Waals surface area contributed by atoms with Gasteiger partial charge in [0.15, 0.2) is 6.79 Å². The highest BCUT2D eigenvalue weighted by atomic mass is 79.9. The van der Waals surface area contributed by atoms with Crippen LogP contribution in [0.4, 0.5) is 0 Å². The van der Waals surface area contributed by atoms with Crippen LogP contribution in [0.5, 0.6) is 5.75 Å². The predicted octanol–water partition coefficient (Wildman–Crippen LogP) is 2.93. The number of nitrogens with one attached hydrogen (secondary N) is 1. The molecule has 1 aromatic carbocycles. The van der Waals surface area contributed by atoms with Crippen molar-refractivity contribution in [1.82, 2.24) is 5.32 Å². The van der Waals surface area contributed by atoms with Crippen LogP contribution in [0.15, 0.2) is 22.7 Å². The summed E-state index contributed by atoms with van der Waals surface area (Å²) < 4.78 is 11.3. The zero-order chi connectivity index (χ0) is 11.8. The number of hydrogen-bond donors (Lipinski definition) is 1. The molecule has 0 bridgehead atoms. The van der Waals surface area contributed by atoms with E-state index in [9.17, 15) is 0 Å². The second kappa shape index (κ2) is 7.65. The van der Waals surface area contributed by atoms with Gasteiger partial charge in [-0.15, -0.1) is 0 Å². The largest absolute Gasteiger partial charge is 0.468 e. The minimum atomic E-state index is 0.281. The second-order valence-corrected chi connectivity index (χ2v) is 4.34. The molecule has 1 aromatic rings. The number of rotatable bonds is 7. The molecule has 1 N–H and O–H groups in total. The Morgan fingerprint density at radius 2 is 2.19 bits per heavy atom. The molecule has 0 spiro atoms. The average Bonchev–Trinajstić information content (AvgIpc) is 2.30. The highest BCUT2D eigenvalue weighted by Crippen LogP contribution is 2.22. The van der Waals surface area contributed by atoms with E-state index in [1.807, 2.05) is 18.2 Å². The summed E-state index contributed by atoms with van der Waals surface area (Å²) in [5, 5.41) is 3.36. The molecule has 0 atom stereocenters. The molecule has 0 aliphatic carbocycles. The lowest BCUT2D eigenvalue weighted by molar-refractivity contribution is 0.0510. The van der Waals surface area contributed by atoms with Gasteiger partial charge in [-0.05, 0) is 36.7 Å². The number of methoxy groups -OCH3 is 1. The predicted molar refractivity (Wildman–Crippen MR) is 68.6 cm³/mol. The lowest BCUT2D eigenvalue weighted by Crippen LogP contribution is -2.14. The van der Waals surface area contributed by atoms with Gasteiger partial charge in [0.1, 0.15) is 5.75 Å². The number of halogens is 1. The van der Waals surface area contributed by atoms with E-state index in [1.54, 1.807) is 7.11 Å². The Bertz CT molecular complexity index is 318. The molecular formula is C12H18BrNO2. The normalized spacial score (nSPS) is 10.4. The number of hydrogen-bond acceptors (Lipinski definition) is 3. The van der Waals surface area contributed by atoms with Crippen molar-refractivity contribution in [1.29, 1.82) is 0 Å². The quantitative estimate of drug-likeness (QED) is 0.618. The van der Waals surface area contributed by atoms with Crippen LogP contribution in [0, 0.1) is 0 Å². The number of benzene rings is 1. The SMILES string of the molecule is CCCNCc1cc(OCOC)ccc1Br. The summed E-state index contributed by atoms with van der Waals surface area (Å²) >= 11 is 3.52. The molecule has 0 saturated carbocycles. The van der Waals surface area contributed by atoms with E-state index in [1.165, 1.54) is 5.56 Å². The topological polar surface area (TPSA) is 30.5 Å².